The zero-order valence-corrected chi connectivity index (χ0v) is 10.1. The summed E-state index contributed by atoms with van der Waals surface area (Å²) in [5.74, 6) is 1.39. The Kier molecular flexibility index (Phi) is 2.99. The first-order valence-electron chi connectivity index (χ1n) is 6.21. The highest BCUT2D eigenvalue weighted by Crippen LogP contribution is 2.25. The van der Waals surface area contributed by atoms with Crippen LogP contribution < -0.4 is 4.74 Å². The van der Waals surface area contributed by atoms with Crippen molar-refractivity contribution in [3.8, 4) is 11.6 Å². The SMILES string of the molecule is OCc1ccc(Oc2ccc3c(n2)CCC3)cc1. The van der Waals surface area contributed by atoms with Crippen LogP contribution in [0.4, 0.5) is 0 Å². The van der Waals surface area contributed by atoms with Gasteiger partial charge in [0.1, 0.15) is 5.75 Å². The molecule has 0 spiro atoms. The lowest BCUT2D eigenvalue weighted by molar-refractivity contribution is 0.281. The summed E-state index contributed by atoms with van der Waals surface area (Å²) in [6.45, 7) is 0.0530. The van der Waals surface area contributed by atoms with Gasteiger partial charge in [-0.3, -0.25) is 0 Å². The highest BCUT2D eigenvalue weighted by Gasteiger charge is 2.13. The van der Waals surface area contributed by atoms with E-state index in [1.54, 1.807) is 0 Å². The number of aryl methyl sites for hydroxylation is 2. The van der Waals surface area contributed by atoms with E-state index in [1.165, 1.54) is 17.7 Å². The average Bonchev–Trinajstić information content (AvgIpc) is 2.87. The second kappa shape index (κ2) is 4.78. The second-order valence-corrected chi connectivity index (χ2v) is 4.51. The molecule has 3 rings (SSSR count). The van der Waals surface area contributed by atoms with Gasteiger partial charge in [-0.1, -0.05) is 18.2 Å². The topological polar surface area (TPSA) is 42.4 Å². The molecule has 2 aromatic rings. The largest absolute Gasteiger partial charge is 0.439 e. The molecule has 1 aromatic heterocycles. The number of aromatic nitrogens is 1. The Morgan fingerprint density at radius 2 is 1.89 bits per heavy atom. The summed E-state index contributed by atoms with van der Waals surface area (Å²) in [6.07, 6.45) is 3.38. The predicted molar refractivity (Wildman–Crippen MR) is 68.7 cm³/mol. The van der Waals surface area contributed by atoms with Crippen LogP contribution in [0.1, 0.15) is 23.2 Å². The van der Waals surface area contributed by atoms with Gasteiger partial charge in [0.15, 0.2) is 0 Å². The number of ether oxygens (including phenoxy) is 1. The fourth-order valence-electron chi connectivity index (χ4n) is 2.24. The van der Waals surface area contributed by atoms with Crippen LogP contribution in [0.25, 0.3) is 0 Å². The maximum atomic E-state index is 8.97. The number of aliphatic hydroxyl groups is 1. The molecule has 18 heavy (non-hydrogen) atoms. The molecule has 0 amide bonds. The lowest BCUT2D eigenvalue weighted by Crippen LogP contribution is -1.93. The number of hydrogen-bond acceptors (Lipinski definition) is 3. The normalized spacial score (nSPS) is 13.4. The first-order valence-corrected chi connectivity index (χ1v) is 6.21. The van der Waals surface area contributed by atoms with Crippen LogP contribution in [-0.4, -0.2) is 10.1 Å². The lowest BCUT2D eigenvalue weighted by atomic mass is 10.2. The van der Waals surface area contributed by atoms with Crippen molar-refractivity contribution in [1.82, 2.24) is 4.98 Å². The van der Waals surface area contributed by atoms with E-state index in [0.717, 1.165) is 24.2 Å². The predicted octanol–water partition coefficient (Wildman–Crippen LogP) is 2.85. The minimum Gasteiger partial charge on any atom is -0.439 e. The Bertz CT molecular complexity index is 549. The number of hydrogen-bond donors (Lipinski definition) is 1. The maximum absolute atomic E-state index is 8.97. The van der Waals surface area contributed by atoms with E-state index in [4.69, 9.17) is 9.84 Å². The van der Waals surface area contributed by atoms with Crippen molar-refractivity contribution in [3.63, 3.8) is 0 Å². The van der Waals surface area contributed by atoms with E-state index in [2.05, 4.69) is 11.1 Å². The van der Waals surface area contributed by atoms with Crippen LogP contribution in [0.15, 0.2) is 36.4 Å². The summed E-state index contributed by atoms with van der Waals surface area (Å²) >= 11 is 0. The van der Waals surface area contributed by atoms with Crippen molar-refractivity contribution >= 4 is 0 Å². The standard InChI is InChI=1S/C15H15NO2/c17-10-11-4-7-13(8-5-11)18-15-9-6-12-2-1-3-14(12)16-15/h4-9,17H,1-3,10H2. The van der Waals surface area contributed by atoms with E-state index in [9.17, 15) is 0 Å². The minimum atomic E-state index is 0.0530. The highest BCUT2D eigenvalue weighted by molar-refractivity contribution is 5.33. The number of nitrogens with zero attached hydrogens (tertiary/aromatic N) is 1. The molecular formula is C15H15NO2. The molecule has 1 aliphatic rings. The van der Waals surface area contributed by atoms with Crippen LogP contribution in [-0.2, 0) is 19.4 Å². The summed E-state index contributed by atoms with van der Waals surface area (Å²) in [5.41, 5.74) is 3.39. The van der Waals surface area contributed by atoms with Gasteiger partial charge in [-0.05, 0) is 42.5 Å². The van der Waals surface area contributed by atoms with E-state index >= 15 is 0 Å². The number of pyridine rings is 1. The quantitative estimate of drug-likeness (QED) is 0.898. The molecule has 0 saturated carbocycles. The number of aliphatic hydroxyl groups excluding tert-OH is 1. The van der Waals surface area contributed by atoms with Crippen LogP contribution in [0, 0.1) is 0 Å². The third kappa shape index (κ3) is 2.22. The van der Waals surface area contributed by atoms with Crippen LogP contribution >= 0.6 is 0 Å². The molecule has 0 unspecified atom stereocenters. The van der Waals surface area contributed by atoms with Gasteiger partial charge in [0.05, 0.1) is 6.61 Å². The van der Waals surface area contributed by atoms with Gasteiger partial charge in [-0.25, -0.2) is 4.98 Å². The van der Waals surface area contributed by atoms with Crippen LogP contribution in [0.5, 0.6) is 11.6 Å². The second-order valence-electron chi connectivity index (χ2n) is 4.51. The van der Waals surface area contributed by atoms with Crippen molar-refractivity contribution in [2.24, 2.45) is 0 Å². The molecule has 3 nitrogen and oxygen atoms in total. The van der Waals surface area contributed by atoms with Crippen molar-refractivity contribution in [3.05, 3.63) is 53.2 Å². The average molecular weight is 241 g/mol. The third-order valence-corrected chi connectivity index (χ3v) is 3.23. The van der Waals surface area contributed by atoms with E-state index in [1.807, 2.05) is 30.3 Å². The van der Waals surface area contributed by atoms with Gasteiger partial charge in [-0.15, -0.1) is 0 Å². The Labute approximate surface area is 106 Å². The zero-order valence-electron chi connectivity index (χ0n) is 10.1. The van der Waals surface area contributed by atoms with Crippen molar-refractivity contribution < 1.29 is 9.84 Å². The van der Waals surface area contributed by atoms with Crippen molar-refractivity contribution in [1.29, 1.82) is 0 Å². The summed E-state index contributed by atoms with van der Waals surface area (Å²) < 4.78 is 5.71. The third-order valence-electron chi connectivity index (χ3n) is 3.23. The molecule has 1 heterocycles. The van der Waals surface area contributed by atoms with Crippen LogP contribution in [0.3, 0.4) is 0 Å². The van der Waals surface area contributed by atoms with E-state index < -0.39 is 0 Å². The molecule has 1 aliphatic carbocycles. The first kappa shape index (κ1) is 11.2. The number of benzene rings is 1. The van der Waals surface area contributed by atoms with Gasteiger partial charge in [0.25, 0.3) is 0 Å². The fourth-order valence-corrected chi connectivity index (χ4v) is 2.24. The van der Waals surface area contributed by atoms with E-state index in [-0.39, 0.29) is 6.61 Å². The molecule has 0 fully saturated rings. The molecule has 3 heteroatoms. The molecule has 1 aromatic carbocycles. The van der Waals surface area contributed by atoms with Gasteiger partial charge in [-0.2, -0.15) is 0 Å². The fraction of sp³-hybridized carbons (Fsp3) is 0.267. The van der Waals surface area contributed by atoms with Crippen LogP contribution in [0.2, 0.25) is 0 Å². The van der Waals surface area contributed by atoms with Gasteiger partial charge >= 0.3 is 0 Å². The smallest absolute Gasteiger partial charge is 0.219 e. The van der Waals surface area contributed by atoms with Crippen molar-refractivity contribution in [2.75, 3.05) is 0 Å². The molecule has 0 saturated heterocycles. The lowest BCUT2D eigenvalue weighted by Gasteiger charge is -2.07. The summed E-state index contributed by atoms with van der Waals surface area (Å²) in [5, 5.41) is 8.97. The van der Waals surface area contributed by atoms with Gasteiger partial charge < -0.3 is 9.84 Å². The van der Waals surface area contributed by atoms with E-state index in [0.29, 0.717) is 5.88 Å². The highest BCUT2D eigenvalue weighted by atomic mass is 16.5. The van der Waals surface area contributed by atoms with Gasteiger partial charge in [0, 0.05) is 11.8 Å². The summed E-state index contributed by atoms with van der Waals surface area (Å²) in [6, 6.07) is 11.4. The Balaban J connectivity index is 1.79. The molecule has 0 atom stereocenters. The monoisotopic (exact) mass is 241 g/mol. The molecule has 0 bridgehead atoms. The number of fused-ring (bicyclic) bond motifs is 1. The number of rotatable bonds is 3. The first-order chi connectivity index (χ1) is 8.85. The molecule has 1 N–H and O–H groups in total. The maximum Gasteiger partial charge on any atom is 0.219 e. The Morgan fingerprint density at radius 1 is 1.06 bits per heavy atom. The zero-order chi connectivity index (χ0) is 12.4. The van der Waals surface area contributed by atoms with Crippen molar-refractivity contribution in [2.45, 2.75) is 25.9 Å². The minimum absolute atomic E-state index is 0.0530. The Morgan fingerprint density at radius 3 is 2.67 bits per heavy atom. The summed E-state index contributed by atoms with van der Waals surface area (Å²) in [4.78, 5) is 4.52. The Hall–Kier alpha value is -1.87. The molecule has 92 valence electrons. The van der Waals surface area contributed by atoms with Gasteiger partial charge in [0.2, 0.25) is 5.88 Å². The molecule has 0 aliphatic heterocycles. The molecular weight excluding hydrogens is 226 g/mol. The summed E-state index contributed by atoms with van der Waals surface area (Å²) in [7, 11) is 0. The molecule has 0 radical (unpaired) electrons.